The van der Waals surface area contributed by atoms with E-state index in [0.717, 1.165) is 37.2 Å². The van der Waals surface area contributed by atoms with Crippen molar-refractivity contribution < 1.29 is 14.1 Å². The van der Waals surface area contributed by atoms with Gasteiger partial charge in [-0.3, -0.25) is 4.79 Å². The van der Waals surface area contributed by atoms with Crippen molar-refractivity contribution in [3.8, 4) is 5.88 Å². The van der Waals surface area contributed by atoms with Gasteiger partial charge in [-0.2, -0.15) is 0 Å². The zero-order valence-electron chi connectivity index (χ0n) is 20.6. The zero-order valence-corrected chi connectivity index (χ0v) is 21.4. The van der Waals surface area contributed by atoms with E-state index in [0.29, 0.717) is 35.3 Å². The maximum absolute atomic E-state index is 13.5. The molecule has 6 nitrogen and oxygen atoms in total. The van der Waals surface area contributed by atoms with Crippen molar-refractivity contribution in [1.29, 1.82) is 0 Å². The molecule has 3 atom stereocenters. The summed E-state index contributed by atoms with van der Waals surface area (Å²) < 4.78 is 11.9. The van der Waals surface area contributed by atoms with Crippen molar-refractivity contribution in [3.05, 3.63) is 5.76 Å². The number of fused-ring (bicyclic) bond motifs is 2. The lowest BCUT2D eigenvalue weighted by Crippen LogP contribution is -2.46. The van der Waals surface area contributed by atoms with E-state index in [-0.39, 0.29) is 22.8 Å². The van der Waals surface area contributed by atoms with Gasteiger partial charge >= 0.3 is 0 Å². The van der Waals surface area contributed by atoms with Gasteiger partial charge in [-0.1, -0.05) is 40.0 Å². The summed E-state index contributed by atoms with van der Waals surface area (Å²) in [5, 5.41) is 11.5. The van der Waals surface area contributed by atoms with E-state index in [2.05, 4.69) is 36.6 Å². The van der Waals surface area contributed by atoms with Crippen LogP contribution in [0.15, 0.2) is 9.42 Å². The number of ether oxygens (including phenoxy) is 1. The van der Waals surface area contributed by atoms with Gasteiger partial charge in [-0.15, -0.1) is 11.8 Å². The Hall–Kier alpha value is -1.21. The van der Waals surface area contributed by atoms with Gasteiger partial charge in [0.25, 0.3) is 11.8 Å². The van der Waals surface area contributed by atoms with Crippen LogP contribution in [0, 0.1) is 22.7 Å². The summed E-state index contributed by atoms with van der Waals surface area (Å²) in [6.45, 7) is 9.84. The van der Waals surface area contributed by atoms with Crippen molar-refractivity contribution in [3.63, 3.8) is 0 Å². The average Bonchev–Trinajstić information content (AvgIpc) is 3.38. The van der Waals surface area contributed by atoms with E-state index in [1.807, 2.05) is 0 Å². The van der Waals surface area contributed by atoms with Crippen LogP contribution in [0.2, 0.25) is 0 Å². The summed E-state index contributed by atoms with van der Waals surface area (Å²) in [5.74, 6) is 1.97. The number of carbonyl (C=O) groups excluding carboxylic acids is 1. The fourth-order valence-corrected chi connectivity index (χ4v) is 8.18. The summed E-state index contributed by atoms with van der Waals surface area (Å²) in [5.41, 5.74) is 0.396. The second kappa shape index (κ2) is 9.44. The second-order valence-electron chi connectivity index (χ2n) is 11.7. The van der Waals surface area contributed by atoms with Gasteiger partial charge in [-0.05, 0) is 85.9 Å². The lowest BCUT2D eigenvalue weighted by molar-refractivity contribution is 0.0789. The molecule has 2 N–H and O–H groups in total. The Balaban J connectivity index is 1.32. The molecule has 33 heavy (non-hydrogen) atoms. The van der Waals surface area contributed by atoms with E-state index in [1.54, 1.807) is 11.8 Å². The van der Waals surface area contributed by atoms with Crippen molar-refractivity contribution in [2.24, 2.45) is 22.7 Å². The number of nitrogens with zero attached hydrogens (tertiary/aromatic N) is 1. The molecule has 1 aromatic rings. The first-order valence-electron chi connectivity index (χ1n) is 13.2. The van der Waals surface area contributed by atoms with E-state index in [4.69, 9.17) is 9.26 Å². The maximum Gasteiger partial charge on any atom is 0.291 e. The van der Waals surface area contributed by atoms with Crippen LogP contribution in [0.5, 0.6) is 5.88 Å². The first-order chi connectivity index (χ1) is 15.9. The molecule has 0 unspecified atom stereocenters. The Morgan fingerprint density at radius 3 is 2.58 bits per heavy atom. The standard InChI is InChI=1S/C26H41N3O3S/c1-25(2)18-9-12-26(25,3)20(15-18)28-23(30)21-22(33-19-7-5-4-6-8-19)24(29-32-21)31-16-17-10-13-27-14-11-17/h17-20,27H,4-16H2,1-3H3,(H,28,30)/t18-,20-,26+/m1/s1. The normalized spacial score (nSPS) is 32.2. The molecule has 1 aliphatic heterocycles. The highest BCUT2D eigenvalue weighted by atomic mass is 32.2. The van der Waals surface area contributed by atoms with E-state index < -0.39 is 0 Å². The minimum atomic E-state index is -0.118. The third kappa shape index (κ3) is 4.44. The molecule has 4 fully saturated rings. The molecule has 5 rings (SSSR count). The van der Waals surface area contributed by atoms with Crippen molar-refractivity contribution in [2.45, 2.75) is 101 Å². The third-order valence-electron chi connectivity index (χ3n) is 9.68. The minimum Gasteiger partial charge on any atom is -0.474 e. The number of amides is 1. The molecule has 0 aromatic carbocycles. The third-order valence-corrected chi connectivity index (χ3v) is 11.1. The number of rotatable bonds is 7. The first-order valence-corrected chi connectivity index (χ1v) is 14.1. The maximum atomic E-state index is 13.5. The van der Waals surface area contributed by atoms with E-state index >= 15 is 0 Å². The number of nitrogens with one attached hydrogen (secondary N) is 2. The quantitative estimate of drug-likeness (QED) is 0.548. The van der Waals surface area contributed by atoms with Crippen molar-refractivity contribution in [1.82, 2.24) is 15.8 Å². The SMILES string of the molecule is CC1(C)[C@@H]2CC[C@@]1(C)[C@H](NC(=O)c1onc(OCC3CCNCC3)c1SC1CCCCC1)C2. The lowest BCUT2D eigenvalue weighted by Gasteiger charge is -2.39. The number of thioether (sulfide) groups is 1. The molecule has 3 aliphatic carbocycles. The van der Waals surface area contributed by atoms with Crippen LogP contribution >= 0.6 is 11.8 Å². The number of carbonyl (C=O) groups is 1. The average molecular weight is 476 g/mol. The highest BCUT2D eigenvalue weighted by Gasteiger charge is 2.61. The molecule has 1 aromatic heterocycles. The van der Waals surface area contributed by atoms with Crippen molar-refractivity contribution >= 4 is 17.7 Å². The van der Waals surface area contributed by atoms with Crippen LogP contribution in [0.25, 0.3) is 0 Å². The second-order valence-corrected chi connectivity index (χ2v) is 13.0. The van der Waals surface area contributed by atoms with Gasteiger partial charge in [0, 0.05) is 11.3 Å². The number of piperidine rings is 1. The highest BCUT2D eigenvalue weighted by Crippen LogP contribution is 2.65. The Labute approximate surface area is 202 Å². The number of hydrogen-bond acceptors (Lipinski definition) is 6. The van der Waals surface area contributed by atoms with Gasteiger partial charge in [0.05, 0.1) is 6.61 Å². The van der Waals surface area contributed by atoms with Crippen LogP contribution in [0.3, 0.4) is 0 Å². The Bertz CT molecular complexity index is 844. The van der Waals surface area contributed by atoms with Crippen LogP contribution < -0.4 is 15.4 Å². The summed E-state index contributed by atoms with van der Waals surface area (Å²) in [6, 6.07) is 0.190. The molecule has 0 radical (unpaired) electrons. The van der Waals surface area contributed by atoms with Crippen LogP contribution in [0.4, 0.5) is 0 Å². The summed E-state index contributed by atoms with van der Waals surface area (Å²) in [7, 11) is 0. The fraction of sp³-hybridized carbons (Fsp3) is 0.846. The molecule has 2 bridgehead atoms. The predicted octanol–water partition coefficient (Wildman–Crippen LogP) is 5.42. The van der Waals surface area contributed by atoms with Gasteiger partial charge in [-0.25, -0.2) is 0 Å². The van der Waals surface area contributed by atoms with E-state index in [1.165, 1.54) is 44.9 Å². The van der Waals surface area contributed by atoms with Crippen LogP contribution in [-0.4, -0.2) is 42.1 Å². The largest absolute Gasteiger partial charge is 0.474 e. The number of aromatic nitrogens is 1. The molecule has 1 amide bonds. The summed E-state index contributed by atoms with van der Waals surface area (Å²) in [6.07, 6.45) is 11.9. The molecular weight excluding hydrogens is 434 g/mol. The Morgan fingerprint density at radius 1 is 1.15 bits per heavy atom. The Morgan fingerprint density at radius 2 is 1.91 bits per heavy atom. The lowest BCUT2D eigenvalue weighted by atomic mass is 9.69. The number of hydrogen-bond donors (Lipinski definition) is 2. The van der Waals surface area contributed by atoms with Crippen molar-refractivity contribution in [2.75, 3.05) is 19.7 Å². The van der Waals surface area contributed by atoms with Gasteiger partial charge in [0.1, 0.15) is 4.90 Å². The monoisotopic (exact) mass is 475 g/mol. The van der Waals surface area contributed by atoms with Gasteiger partial charge < -0.3 is 19.9 Å². The summed E-state index contributed by atoms with van der Waals surface area (Å²) >= 11 is 1.76. The Kier molecular flexibility index (Phi) is 6.73. The molecular formula is C26H41N3O3S. The predicted molar refractivity (Wildman–Crippen MR) is 131 cm³/mol. The van der Waals surface area contributed by atoms with Crippen LogP contribution in [-0.2, 0) is 0 Å². The van der Waals surface area contributed by atoms with Gasteiger partial charge in [0.15, 0.2) is 0 Å². The van der Waals surface area contributed by atoms with E-state index in [9.17, 15) is 4.79 Å². The van der Waals surface area contributed by atoms with Gasteiger partial charge in [0.2, 0.25) is 5.76 Å². The molecule has 3 saturated carbocycles. The highest BCUT2D eigenvalue weighted by molar-refractivity contribution is 8.00. The molecule has 7 heteroatoms. The molecule has 0 spiro atoms. The first kappa shape index (κ1) is 23.5. The molecule has 2 heterocycles. The fourth-order valence-electron chi connectivity index (χ4n) is 6.85. The molecule has 4 aliphatic rings. The topological polar surface area (TPSA) is 76.4 Å². The van der Waals surface area contributed by atoms with Crippen LogP contribution in [0.1, 0.15) is 95.5 Å². The molecule has 1 saturated heterocycles. The minimum absolute atomic E-state index is 0.118. The smallest absolute Gasteiger partial charge is 0.291 e. The zero-order chi connectivity index (χ0) is 23.1. The molecule has 184 valence electrons. The summed E-state index contributed by atoms with van der Waals surface area (Å²) in [4.78, 5) is 14.3.